The van der Waals surface area contributed by atoms with Gasteiger partial charge in [0.2, 0.25) is 0 Å². The van der Waals surface area contributed by atoms with Crippen LogP contribution in [0.5, 0.6) is 5.75 Å². The molecular weight excluding hydrogens is 371 g/mol. The molecule has 3 heterocycles. The average Bonchev–Trinajstić information content (AvgIpc) is 3.44. The predicted octanol–water partition coefficient (Wildman–Crippen LogP) is -0.441. The lowest BCUT2D eigenvalue weighted by Gasteiger charge is -2.23. The number of halogens is 1. The van der Waals surface area contributed by atoms with Gasteiger partial charge >= 0.3 is 5.69 Å². The second-order valence-electron chi connectivity index (χ2n) is 7.00. The first-order valence-electron chi connectivity index (χ1n) is 8.82. The number of anilines is 1. The third kappa shape index (κ3) is 2.66. The monoisotopic (exact) mass is 392 g/mol. The van der Waals surface area contributed by atoms with Gasteiger partial charge in [0.15, 0.2) is 11.6 Å². The summed E-state index contributed by atoms with van der Waals surface area (Å²) in [7, 11) is 2.80. The van der Waals surface area contributed by atoms with Gasteiger partial charge in [-0.1, -0.05) is 0 Å². The first kappa shape index (κ1) is 18.4. The van der Waals surface area contributed by atoms with Gasteiger partial charge in [-0.05, 0) is 18.8 Å². The van der Waals surface area contributed by atoms with Crippen LogP contribution in [0.4, 0.5) is 10.1 Å². The number of nitrogen functional groups attached to an aromatic ring is 1. The summed E-state index contributed by atoms with van der Waals surface area (Å²) in [5.41, 5.74) is 2.25. The molecular formula is C17H21FN6O4. The average molecular weight is 392 g/mol. The maximum Gasteiger partial charge on any atom is 0.354 e. The van der Waals surface area contributed by atoms with Crippen molar-refractivity contribution in [2.45, 2.75) is 24.8 Å². The van der Waals surface area contributed by atoms with Crippen LogP contribution < -0.4 is 32.2 Å². The summed E-state index contributed by atoms with van der Waals surface area (Å²) in [5, 5.41) is 8.09. The molecule has 1 saturated heterocycles. The Kier molecular flexibility index (Phi) is 4.35. The molecule has 2 aliphatic rings. The summed E-state index contributed by atoms with van der Waals surface area (Å²) in [6.07, 6.45) is 2.59. The van der Waals surface area contributed by atoms with Crippen LogP contribution in [0.3, 0.4) is 0 Å². The Morgan fingerprint density at radius 2 is 2.04 bits per heavy atom. The summed E-state index contributed by atoms with van der Waals surface area (Å²) in [4.78, 5) is 31.7. The molecule has 28 heavy (non-hydrogen) atoms. The molecule has 2 aromatic rings. The molecule has 2 fully saturated rings. The Balaban J connectivity index is 1.99. The van der Waals surface area contributed by atoms with Gasteiger partial charge in [0.1, 0.15) is 11.2 Å². The molecule has 2 aromatic heterocycles. The quantitative estimate of drug-likeness (QED) is 0.465. The molecule has 11 heteroatoms. The molecule has 1 saturated carbocycles. The highest BCUT2D eigenvalue weighted by molar-refractivity contribution is 5.95. The van der Waals surface area contributed by atoms with E-state index in [9.17, 15) is 9.59 Å². The molecule has 0 spiro atoms. The number of hydroxylamine groups is 1. The molecule has 1 atom stereocenters. The van der Waals surface area contributed by atoms with Crippen molar-refractivity contribution in [3.63, 3.8) is 0 Å². The number of methoxy groups -OCH3 is 1. The van der Waals surface area contributed by atoms with E-state index in [1.807, 2.05) is 0 Å². The van der Waals surface area contributed by atoms with Gasteiger partial charge in [-0.25, -0.2) is 9.18 Å². The topological polar surface area (TPSA) is 127 Å². The van der Waals surface area contributed by atoms with Crippen molar-refractivity contribution in [2.75, 3.05) is 38.1 Å². The van der Waals surface area contributed by atoms with E-state index in [2.05, 4.69) is 5.48 Å². The van der Waals surface area contributed by atoms with Crippen LogP contribution in [0.1, 0.15) is 24.3 Å². The standard InChI is InChI=1S/C17H21FN6O4/c1-27-15-13(22-6-10(19)11(7-22)21-28-2)9(18)5-23-14(15)12(8-3-4-8)16(25)24(20)17(23)26/h5,8,11,19,21H,3-4,6-7,20H2,1-2H3. The highest BCUT2D eigenvalue weighted by Crippen LogP contribution is 2.44. The molecule has 1 aliphatic heterocycles. The molecule has 150 valence electrons. The zero-order chi connectivity index (χ0) is 20.2. The minimum atomic E-state index is -0.846. The molecule has 4 rings (SSSR count). The molecule has 4 N–H and O–H groups in total. The van der Waals surface area contributed by atoms with E-state index >= 15 is 4.39 Å². The number of aromatic nitrogens is 2. The van der Waals surface area contributed by atoms with Crippen molar-refractivity contribution in [1.29, 1.82) is 5.41 Å². The first-order valence-corrected chi connectivity index (χ1v) is 8.82. The Hall–Kier alpha value is -2.92. The van der Waals surface area contributed by atoms with Crippen LogP contribution in [0.15, 0.2) is 15.8 Å². The van der Waals surface area contributed by atoms with Gasteiger partial charge in [-0.3, -0.25) is 9.20 Å². The maximum absolute atomic E-state index is 15.1. The molecule has 0 radical (unpaired) electrons. The number of hydrogen-bond acceptors (Lipinski definition) is 8. The summed E-state index contributed by atoms with van der Waals surface area (Å²) in [6.45, 7) is 0.425. The van der Waals surface area contributed by atoms with E-state index in [4.69, 9.17) is 20.8 Å². The third-order valence-electron chi connectivity index (χ3n) is 5.21. The van der Waals surface area contributed by atoms with Crippen molar-refractivity contribution in [2.24, 2.45) is 0 Å². The number of fused-ring (bicyclic) bond motifs is 1. The van der Waals surface area contributed by atoms with E-state index in [1.165, 1.54) is 14.2 Å². The smallest absolute Gasteiger partial charge is 0.354 e. The van der Waals surface area contributed by atoms with E-state index < -0.39 is 23.1 Å². The number of nitrogens with two attached hydrogens (primary N) is 1. The molecule has 0 amide bonds. The lowest BCUT2D eigenvalue weighted by atomic mass is 10.1. The van der Waals surface area contributed by atoms with E-state index in [-0.39, 0.29) is 36.0 Å². The van der Waals surface area contributed by atoms with Crippen LogP contribution in [0, 0.1) is 11.2 Å². The minimum absolute atomic E-state index is 0.0510. The van der Waals surface area contributed by atoms with Crippen LogP contribution in [0.25, 0.3) is 5.52 Å². The number of rotatable bonds is 5. The van der Waals surface area contributed by atoms with Gasteiger partial charge in [0, 0.05) is 12.3 Å². The van der Waals surface area contributed by atoms with Crippen LogP contribution in [-0.2, 0) is 4.84 Å². The highest BCUT2D eigenvalue weighted by atomic mass is 19.1. The van der Waals surface area contributed by atoms with Gasteiger partial charge < -0.3 is 25.7 Å². The molecule has 0 bridgehead atoms. The fourth-order valence-electron chi connectivity index (χ4n) is 3.77. The molecule has 0 aromatic carbocycles. The lowest BCUT2D eigenvalue weighted by Crippen LogP contribution is -2.44. The van der Waals surface area contributed by atoms with Gasteiger partial charge in [0.05, 0.1) is 38.6 Å². The van der Waals surface area contributed by atoms with Gasteiger partial charge in [-0.15, -0.1) is 0 Å². The van der Waals surface area contributed by atoms with Crippen molar-refractivity contribution in [3.8, 4) is 5.75 Å². The second-order valence-corrected chi connectivity index (χ2v) is 7.00. The van der Waals surface area contributed by atoms with E-state index in [1.54, 1.807) is 4.90 Å². The Labute approximate surface area is 158 Å². The van der Waals surface area contributed by atoms with Gasteiger partial charge in [0.25, 0.3) is 5.56 Å². The lowest BCUT2D eigenvalue weighted by molar-refractivity contribution is 0.0820. The number of pyridine rings is 1. The Morgan fingerprint density at radius 3 is 2.64 bits per heavy atom. The number of nitrogens with one attached hydrogen (secondary N) is 2. The second kappa shape index (κ2) is 6.60. The molecule has 1 aliphatic carbocycles. The van der Waals surface area contributed by atoms with Crippen LogP contribution >= 0.6 is 0 Å². The fourth-order valence-corrected chi connectivity index (χ4v) is 3.77. The Morgan fingerprint density at radius 1 is 1.32 bits per heavy atom. The normalized spacial score (nSPS) is 19.6. The van der Waals surface area contributed by atoms with Crippen LogP contribution in [0.2, 0.25) is 0 Å². The zero-order valence-corrected chi connectivity index (χ0v) is 15.5. The van der Waals surface area contributed by atoms with Crippen LogP contribution in [-0.4, -0.2) is 48.1 Å². The van der Waals surface area contributed by atoms with Crippen molar-refractivity contribution >= 4 is 16.9 Å². The minimum Gasteiger partial charge on any atom is -0.492 e. The third-order valence-corrected chi connectivity index (χ3v) is 5.21. The first-order chi connectivity index (χ1) is 13.4. The number of ether oxygens (including phenoxy) is 1. The number of nitrogens with zero attached hydrogens (tertiary/aromatic N) is 3. The fraction of sp³-hybridized carbons (Fsp3) is 0.471. The predicted molar refractivity (Wildman–Crippen MR) is 100 cm³/mol. The SMILES string of the molecule is CONC1CN(c2c(F)cn3c(=O)n(N)c(=O)c(C4CC4)c3c2OC)CC1=N. The van der Waals surface area contributed by atoms with Crippen molar-refractivity contribution in [3.05, 3.63) is 38.4 Å². The van der Waals surface area contributed by atoms with Crippen molar-refractivity contribution < 1.29 is 14.0 Å². The highest BCUT2D eigenvalue weighted by Gasteiger charge is 2.36. The zero-order valence-electron chi connectivity index (χ0n) is 15.5. The summed E-state index contributed by atoms with van der Waals surface area (Å²) >= 11 is 0. The van der Waals surface area contributed by atoms with E-state index in [0.717, 1.165) is 23.4 Å². The summed E-state index contributed by atoms with van der Waals surface area (Å²) in [5.74, 6) is 4.96. The molecule has 1 unspecified atom stereocenters. The van der Waals surface area contributed by atoms with E-state index in [0.29, 0.717) is 16.0 Å². The summed E-state index contributed by atoms with van der Waals surface area (Å²) in [6, 6.07) is -0.410. The summed E-state index contributed by atoms with van der Waals surface area (Å²) < 4.78 is 22.1. The van der Waals surface area contributed by atoms with Crippen molar-refractivity contribution in [1.82, 2.24) is 14.6 Å². The number of hydrogen-bond donors (Lipinski definition) is 3. The Bertz CT molecular complexity index is 1090. The molecule has 10 nitrogen and oxygen atoms in total. The largest absolute Gasteiger partial charge is 0.492 e. The van der Waals surface area contributed by atoms with Gasteiger partial charge in [-0.2, -0.15) is 10.2 Å². The maximum atomic E-state index is 15.1.